The van der Waals surface area contributed by atoms with E-state index in [2.05, 4.69) is 27.5 Å². The lowest BCUT2D eigenvalue weighted by Crippen LogP contribution is -2.18. The van der Waals surface area contributed by atoms with Crippen LogP contribution in [0.1, 0.15) is 33.6 Å². The van der Waals surface area contributed by atoms with E-state index in [0.29, 0.717) is 16.7 Å². The van der Waals surface area contributed by atoms with E-state index in [4.69, 9.17) is 11.6 Å². The molecule has 2 N–H and O–H groups in total. The molecule has 0 radical (unpaired) electrons. The molecule has 2 aromatic rings. The highest BCUT2D eigenvalue weighted by Gasteiger charge is 2.23. The molecular weight excluding hydrogens is 382 g/mol. The van der Waals surface area contributed by atoms with Crippen molar-refractivity contribution in [1.82, 2.24) is 15.3 Å². The molecular formula is C19H20ClN5O3. The molecule has 28 heavy (non-hydrogen) atoms. The normalized spacial score (nSPS) is 17.1. The average molecular weight is 402 g/mol. The lowest BCUT2D eigenvalue weighted by atomic mass is 10.1. The SMILES string of the molecule is CC(=O)N/C(C)=C/C1=C(C)CC(Nc2ncnc3cc(Cl)c([N+](=O)[O-])cc23)C1. The number of aromatic nitrogens is 2. The van der Waals surface area contributed by atoms with Crippen molar-refractivity contribution in [3.63, 3.8) is 0 Å². The van der Waals surface area contributed by atoms with E-state index < -0.39 is 4.92 Å². The molecule has 0 saturated heterocycles. The van der Waals surface area contributed by atoms with Crippen molar-refractivity contribution in [3.05, 3.63) is 56.5 Å². The van der Waals surface area contributed by atoms with Gasteiger partial charge in [-0.3, -0.25) is 14.9 Å². The Bertz CT molecular complexity index is 1030. The number of hydrogen-bond donors (Lipinski definition) is 2. The van der Waals surface area contributed by atoms with Gasteiger partial charge in [0.15, 0.2) is 0 Å². The minimum Gasteiger partial charge on any atom is -0.366 e. The van der Waals surface area contributed by atoms with Gasteiger partial charge in [-0.1, -0.05) is 17.2 Å². The van der Waals surface area contributed by atoms with Gasteiger partial charge in [0.25, 0.3) is 5.69 Å². The molecule has 1 aromatic heterocycles. The fraction of sp³-hybridized carbons (Fsp3) is 0.316. The summed E-state index contributed by atoms with van der Waals surface area (Å²) < 4.78 is 0. The summed E-state index contributed by atoms with van der Waals surface area (Å²) in [6, 6.07) is 2.96. The minimum atomic E-state index is -0.520. The zero-order valence-electron chi connectivity index (χ0n) is 15.7. The van der Waals surface area contributed by atoms with Gasteiger partial charge >= 0.3 is 0 Å². The molecule has 9 heteroatoms. The lowest BCUT2D eigenvalue weighted by Gasteiger charge is -2.15. The number of carbonyl (C=O) groups excluding carboxylic acids is 1. The van der Waals surface area contributed by atoms with Gasteiger partial charge in [-0.2, -0.15) is 0 Å². The molecule has 146 valence electrons. The maximum absolute atomic E-state index is 11.2. The minimum absolute atomic E-state index is 0.0430. The maximum Gasteiger partial charge on any atom is 0.288 e. The van der Waals surface area contributed by atoms with Gasteiger partial charge in [0.05, 0.1) is 10.4 Å². The Morgan fingerprint density at radius 1 is 1.32 bits per heavy atom. The van der Waals surface area contributed by atoms with E-state index in [9.17, 15) is 14.9 Å². The molecule has 0 bridgehead atoms. The van der Waals surface area contributed by atoms with E-state index in [1.165, 1.54) is 31.0 Å². The molecule has 1 atom stereocenters. The van der Waals surface area contributed by atoms with Crippen LogP contribution in [0.2, 0.25) is 5.02 Å². The maximum atomic E-state index is 11.2. The second-order valence-electron chi connectivity index (χ2n) is 6.86. The number of halogens is 1. The standard InChI is InChI=1S/C19H20ClN5O3/c1-10-4-14(6-13(10)5-11(2)23-12(3)26)24-19-15-7-18(25(27)28)16(20)8-17(15)21-9-22-19/h5,7-9,14H,4,6H2,1-3H3,(H,23,26)(H,21,22,24)/b11-5+. The van der Waals surface area contributed by atoms with Crippen LogP contribution < -0.4 is 10.6 Å². The molecule has 3 rings (SSSR count). The number of nitrogens with one attached hydrogen (secondary N) is 2. The summed E-state index contributed by atoms with van der Waals surface area (Å²) in [7, 11) is 0. The third-order valence-corrected chi connectivity index (χ3v) is 4.88. The average Bonchev–Trinajstić information content (AvgIpc) is 2.92. The van der Waals surface area contributed by atoms with Crippen LogP contribution in [0.4, 0.5) is 11.5 Å². The lowest BCUT2D eigenvalue weighted by molar-refractivity contribution is -0.384. The summed E-state index contributed by atoms with van der Waals surface area (Å²) in [5.41, 5.74) is 3.52. The van der Waals surface area contributed by atoms with Crippen LogP contribution in [0.3, 0.4) is 0 Å². The van der Waals surface area contributed by atoms with Gasteiger partial charge in [-0.25, -0.2) is 9.97 Å². The van der Waals surface area contributed by atoms with Gasteiger partial charge in [0, 0.05) is 30.1 Å². The van der Waals surface area contributed by atoms with Crippen LogP contribution in [0, 0.1) is 10.1 Å². The van der Waals surface area contributed by atoms with Crippen LogP contribution >= 0.6 is 11.6 Å². The first kappa shape index (κ1) is 19.8. The fourth-order valence-electron chi connectivity index (χ4n) is 3.39. The largest absolute Gasteiger partial charge is 0.366 e. The van der Waals surface area contributed by atoms with Crippen molar-refractivity contribution in [2.75, 3.05) is 5.32 Å². The smallest absolute Gasteiger partial charge is 0.288 e. The zero-order chi connectivity index (χ0) is 20.4. The highest BCUT2D eigenvalue weighted by Crippen LogP contribution is 2.34. The predicted molar refractivity (Wildman–Crippen MR) is 108 cm³/mol. The van der Waals surface area contributed by atoms with Gasteiger partial charge in [-0.05, 0) is 44.4 Å². The van der Waals surface area contributed by atoms with Crippen LogP contribution in [0.15, 0.2) is 41.4 Å². The number of fused-ring (bicyclic) bond motifs is 1. The number of carbonyl (C=O) groups is 1. The number of nitrogens with zero attached hydrogens (tertiary/aromatic N) is 3. The molecule has 0 saturated carbocycles. The van der Waals surface area contributed by atoms with Crippen molar-refractivity contribution in [1.29, 1.82) is 0 Å². The first-order valence-electron chi connectivity index (χ1n) is 8.74. The first-order valence-corrected chi connectivity index (χ1v) is 9.12. The summed E-state index contributed by atoms with van der Waals surface area (Å²) in [6.07, 6.45) is 4.94. The van der Waals surface area contributed by atoms with Crippen molar-refractivity contribution >= 4 is 39.9 Å². The van der Waals surface area contributed by atoms with E-state index >= 15 is 0 Å². The van der Waals surface area contributed by atoms with Gasteiger partial charge < -0.3 is 10.6 Å². The van der Waals surface area contributed by atoms with E-state index in [0.717, 1.165) is 24.1 Å². The Labute approximate surface area is 166 Å². The highest BCUT2D eigenvalue weighted by atomic mass is 35.5. The van der Waals surface area contributed by atoms with Crippen LogP contribution in [0.25, 0.3) is 10.9 Å². The number of hydrogen-bond acceptors (Lipinski definition) is 6. The monoisotopic (exact) mass is 401 g/mol. The van der Waals surface area contributed by atoms with Crippen molar-refractivity contribution in [2.45, 2.75) is 39.7 Å². The predicted octanol–water partition coefficient (Wildman–Crippen LogP) is 4.12. The summed E-state index contributed by atoms with van der Waals surface area (Å²) in [4.78, 5) is 30.3. The molecule has 1 unspecified atom stereocenters. The second-order valence-corrected chi connectivity index (χ2v) is 7.27. The molecule has 0 aliphatic heterocycles. The van der Waals surface area contributed by atoms with Crippen molar-refractivity contribution in [2.24, 2.45) is 0 Å². The van der Waals surface area contributed by atoms with Crippen LogP contribution in [-0.2, 0) is 4.79 Å². The Morgan fingerprint density at radius 3 is 2.75 bits per heavy atom. The third-order valence-electron chi connectivity index (χ3n) is 4.57. The summed E-state index contributed by atoms with van der Waals surface area (Å²) in [5.74, 6) is 0.429. The van der Waals surface area contributed by atoms with E-state index in [1.54, 1.807) is 0 Å². The molecule has 1 heterocycles. The Hall–Kier alpha value is -3.00. The molecule has 1 aliphatic rings. The Balaban J connectivity index is 1.83. The van der Waals surface area contributed by atoms with Gasteiger partial charge in [0.1, 0.15) is 17.2 Å². The molecule has 0 spiro atoms. The van der Waals surface area contributed by atoms with Gasteiger partial charge in [-0.15, -0.1) is 0 Å². The molecule has 1 aromatic carbocycles. The summed E-state index contributed by atoms with van der Waals surface area (Å²) >= 11 is 5.98. The fourth-order valence-corrected chi connectivity index (χ4v) is 3.61. The number of anilines is 1. The Morgan fingerprint density at radius 2 is 2.07 bits per heavy atom. The zero-order valence-corrected chi connectivity index (χ0v) is 16.5. The molecule has 1 aliphatic carbocycles. The number of nitro benzene ring substituents is 1. The molecule has 8 nitrogen and oxygen atoms in total. The number of benzene rings is 1. The summed E-state index contributed by atoms with van der Waals surface area (Å²) in [5, 5.41) is 17.9. The van der Waals surface area contributed by atoms with Gasteiger partial charge in [0.2, 0.25) is 5.91 Å². The highest BCUT2D eigenvalue weighted by molar-refractivity contribution is 6.33. The number of rotatable bonds is 5. The molecule has 1 amide bonds. The third kappa shape index (κ3) is 4.28. The van der Waals surface area contributed by atoms with Crippen LogP contribution in [0.5, 0.6) is 0 Å². The quantitative estimate of drug-likeness (QED) is 0.576. The first-order chi connectivity index (χ1) is 13.2. The summed E-state index contributed by atoms with van der Waals surface area (Å²) in [6.45, 7) is 5.38. The second kappa shape index (κ2) is 7.93. The number of allylic oxidation sites excluding steroid dienone is 2. The van der Waals surface area contributed by atoms with Crippen molar-refractivity contribution < 1.29 is 9.72 Å². The molecule has 0 fully saturated rings. The van der Waals surface area contributed by atoms with Crippen LogP contribution in [-0.4, -0.2) is 26.8 Å². The number of amides is 1. The topological polar surface area (TPSA) is 110 Å². The Kier molecular flexibility index (Phi) is 5.60. The van der Waals surface area contributed by atoms with E-state index in [-0.39, 0.29) is 22.7 Å². The number of nitro groups is 1. The van der Waals surface area contributed by atoms with E-state index in [1.807, 2.05) is 13.0 Å². The van der Waals surface area contributed by atoms with Crippen molar-refractivity contribution in [3.8, 4) is 0 Å².